The third kappa shape index (κ3) is 6.12. The van der Waals surface area contributed by atoms with E-state index in [0.717, 1.165) is 26.8 Å². The third-order valence-electron chi connectivity index (χ3n) is 6.99. The number of ether oxygens (including phenoxy) is 2. The Morgan fingerprint density at radius 1 is 0.698 bits per heavy atom. The van der Waals surface area contributed by atoms with Crippen molar-refractivity contribution in [1.82, 2.24) is 5.32 Å². The number of urea groups is 1. The normalized spacial score (nSPS) is 14.2. The van der Waals surface area contributed by atoms with Gasteiger partial charge in [-0.3, -0.25) is 14.9 Å². The predicted molar refractivity (Wildman–Crippen MR) is 166 cm³/mol. The van der Waals surface area contributed by atoms with Crippen molar-refractivity contribution in [2.24, 2.45) is 0 Å². The molecule has 212 valence electrons. The summed E-state index contributed by atoms with van der Waals surface area (Å²) in [6.07, 6.45) is 1.45. The highest BCUT2D eigenvalue weighted by molar-refractivity contribution is 6.39. The molecule has 0 unspecified atom stereocenters. The van der Waals surface area contributed by atoms with Crippen molar-refractivity contribution in [1.29, 1.82) is 0 Å². The number of fused-ring (bicyclic) bond motifs is 1. The van der Waals surface area contributed by atoms with Gasteiger partial charge < -0.3 is 9.47 Å². The molecule has 1 fully saturated rings. The number of rotatable bonds is 8. The molecule has 4 amide bonds. The molecule has 0 aromatic heterocycles. The van der Waals surface area contributed by atoms with Gasteiger partial charge in [-0.15, -0.1) is 0 Å². The zero-order valence-corrected chi connectivity index (χ0v) is 23.6. The molecule has 0 saturated carbocycles. The van der Waals surface area contributed by atoms with Gasteiger partial charge in [-0.2, -0.15) is 0 Å². The second-order valence-corrected chi connectivity index (χ2v) is 10.2. The molecular formula is C35H25ClN2O5. The average molecular weight is 589 g/mol. The fourth-order valence-electron chi connectivity index (χ4n) is 4.80. The van der Waals surface area contributed by atoms with Gasteiger partial charge in [-0.1, -0.05) is 84.4 Å². The first-order valence-corrected chi connectivity index (χ1v) is 13.9. The van der Waals surface area contributed by atoms with Gasteiger partial charge in [0.15, 0.2) is 0 Å². The molecule has 1 aliphatic rings. The van der Waals surface area contributed by atoms with E-state index < -0.39 is 17.8 Å². The highest BCUT2D eigenvalue weighted by atomic mass is 35.5. The lowest BCUT2D eigenvalue weighted by molar-refractivity contribution is -0.122. The van der Waals surface area contributed by atoms with Crippen molar-refractivity contribution in [3.63, 3.8) is 0 Å². The number of anilines is 1. The van der Waals surface area contributed by atoms with Crippen molar-refractivity contribution in [3.05, 3.63) is 143 Å². The van der Waals surface area contributed by atoms with Crippen LogP contribution in [-0.2, 0) is 22.8 Å². The Morgan fingerprint density at radius 3 is 2.21 bits per heavy atom. The summed E-state index contributed by atoms with van der Waals surface area (Å²) in [6.45, 7) is 0.607. The maximum Gasteiger partial charge on any atom is 0.335 e. The smallest absolute Gasteiger partial charge is 0.335 e. The number of carbonyl (C=O) groups excluding carboxylic acids is 3. The maximum atomic E-state index is 13.4. The molecule has 5 aromatic carbocycles. The van der Waals surface area contributed by atoms with Crippen LogP contribution in [0.2, 0.25) is 5.02 Å². The molecular weight excluding hydrogens is 564 g/mol. The Morgan fingerprint density at radius 2 is 1.37 bits per heavy atom. The van der Waals surface area contributed by atoms with E-state index in [0.29, 0.717) is 28.7 Å². The number of nitrogens with one attached hydrogen (secondary N) is 1. The lowest BCUT2D eigenvalue weighted by atomic mass is 10.1. The van der Waals surface area contributed by atoms with E-state index >= 15 is 0 Å². The van der Waals surface area contributed by atoms with Crippen LogP contribution in [0.4, 0.5) is 10.5 Å². The third-order valence-corrected chi connectivity index (χ3v) is 7.36. The maximum absolute atomic E-state index is 13.4. The first-order valence-electron chi connectivity index (χ1n) is 13.5. The number of carbonyl (C=O) groups is 3. The van der Waals surface area contributed by atoms with E-state index in [-0.39, 0.29) is 17.9 Å². The van der Waals surface area contributed by atoms with Crippen LogP contribution in [0.3, 0.4) is 0 Å². The lowest BCUT2D eigenvalue weighted by Crippen LogP contribution is -2.54. The van der Waals surface area contributed by atoms with Crippen molar-refractivity contribution < 1.29 is 23.9 Å². The van der Waals surface area contributed by atoms with Gasteiger partial charge in [0, 0.05) is 10.6 Å². The quantitative estimate of drug-likeness (QED) is 0.152. The molecule has 0 spiro atoms. The summed E-state index contributed by atoms with van der Waals surface area (Å²) in [7, 11) is 0. The van der Waals surface area contributed by atoms with Crippen molar-refractivity contribution in [3.8, 4) is 11.5 Å². The van der Waals surface area contributed by atoms with Gasteiger partial charge in [0.2, 0.25) is 0 Å². The fourth-order valence-corrected chi connectivity index (χ4v) is 4.99. The number of halogens is 1. The van der Waals surface area contributed by atoms with Crippen LogP contribution in [0.1, 0.15) is 16.7 Å². The molecule has 0 bridgehead atoms. The Balaban J connectivity index is 1.17. The topological polar surface area (TPSA) is 84.9 Å². The monoisotopic (exact) mass is 588 g/mol. The van der Waals surface area contributed by atoms with E-state index in [9.17, 15) is 14.4 Å². The van der Waals surface area contributed by atoms with Crippen LogP contribution in [0, 0.1) is 0 Å². The summed E-state index contributed by atoms with van der Waals surface area (Å²) in [5, 5.41) is 5.09. The Labute approximate surface area is 252 Å². The number of nitrogens with zero attached hydrogens (tertiary/aromatic N) is 1. The minimum absolute atomic E-state index is 0.176. The van der Waals surface area contributed by atoms with E-state index in [1.807, 2.05) is 42.5 Å². The Kier molecular flexibility index (Phi) is 7.89. The average Bonchev–Trinajstić information content (AvgIpc) is 3.02. The minimum Gasteiger partial charge on any atom is -0.489 e. The van der Waals surface area contributed by atoms with Crippen molar-refractivity contribution >= 4 is 52.0 Å². The zero-order valence-electron chi connectivity index (χ0n) is 22.8. The number of hydrogen-bond acceptors (Lipinski definition) is 5. The molecule has 0 atom stereocenters. The van der Waals surface area contributed by atoms with Gasteiger partial charge in [0.1, 0.15) is 30.3 Å². The van der Waals surface area contributed by atoms with Crippen LogP contribution in [0.5, 0.6) is 11.5 Å². The molecule has 6 rings (SSSR count). The Hall–Kier alpha value is -5.40. The molecule has 8 heteroatoms. The summed E-state index contributed by atoms with van der Waals surface area (Å²) in [5.74, 6) is -0.402. The summed E-state index contributed by atoms with van der Waals surface area (Å²) in [4.78, 5) is 39.7. The summed E-state index contributed by atoms with van der Waals surface area (Å²) in [6, 6.07) is 34.2. The Bertz CT molecular complexity index is 1880. The molecule has 0 aliphatic carbocycles. The predicted octanol–water partition coefficient (Wildman–Crippen LogP) is 7.32. The molecule has 0 radical (unpaired) electrons. The van der Waals surface area contributed by atoms with Crippen molar-refractivity contribution in [2.45, 2.75) is 13.2 Å². The largest absolute Gasteiger partial charge is 0.489 e. The highest BCUT2D eigenvalue weighted by Gasteiger charge is 2.36. The lowest BCUT2D eigenvalue weighted by Gasteiger charge is -2.26. The summed E-state index contributed by atoms with van der Waals surface area (Å²) < 4.78 is 11.9. The van der Waals surface area contributed by atoms with Gasteiger partial charge in [0.05, 0.1) is 5.69 Å². The van der Waals surface area contributed by atoms with E-state index in [1.54, 1.807) is 54.6 Å². The first-order chi connectivity index (χ1) is 21.0. The SMILES string of the molecule is O=C1NC(=O)N(c2ccc(OCc3ccccc3Cl)cc2)C(=O)/C1=C\c1cccc(OCc2cccc3ccccc23)c1. The van der Waals surface area contributed by atoms with Gasteiger partial charge in [0.25, 0.3) is 11.8 Å². The number of amides is 4. The second kappa shape index (κ2) is 12.2. The summed E-state index contributed by atoms with van der Waals surface area (Å²) >= 11 is 6.19. The van der Waals surface area contributed by atoms with E-state index in [2.05, 4.69) is 23.5 Å². The molecule has 1 N–H and O–H groups in total. The number of imide groups is 2. The molecule has 5 aromatic rings. The van der Waals surface area contributed by atoms with Gasteiger partial charge in [-0.05, 0) is 70.4 Å². The van der Waals surface area contributed by atoms with Crippen LogP contribution in [-0.4, -0.2) is 17.8 Å². The van der Waals surface area contributed by atoms with E-state index in [4.69, 9.17) is 21.1 Å². The molecule has 1 saturated heterocycles. The number of hydrogen-bond donors (Lipinski definition) is 1. The van der Waals surface area contributed by atoms with Gasteiger partial charge >= 0.3 is 6.03 Å². The van der Waals surface area contributed by atoms with E-state index in [1.165, 1.54) is 6.08 Å². The van der Waals surface area contributed by atoms with Crippen LogP contribution in [0.25, 0.3) is 16.8 Å². The number of benzene rings is 5. The summed E-state index contributed by atoms with van der Waals surface area (Å²) in [5.41, 5.74) is 2.56. The molecule has 1 heterocycles. The number of barbiturate groups is 1. The fraction of sp³-hybridized carbons (Fsp3) is 0.0571. The van der Waals surface area contributed by atoms with Gasteiger partial charge in [-0.25, -0.2) is 9.69 Å². The molecule has 1 aliphatic heterocycles. The standard InChI is InChI=1S/C35H25ClN2O5/c36-32-14-4-2-9-26(32)22-42-28-17-15-27(16-18-28)38-34(40)31(33(39)37-35(38)41)20-23-7-5-12-29(19-23)43-21-25-11-6-10-24-8-1-3-13-30(24)25/h1-20H,21-22H2,(H,37,39,41)/b31-20-. The second-order valence-electron chi connectivity index (χ2n) is 9.83. The minimum atomic E-state index is -0.830. The van der Waals surface area contributed by atoms with Crippen molar-refractivity contribution in [2.75, 3.05) is 4.90 Å². The first kappa shape index (κ1) is 27.8. The highest BCUT2D eigenvalue weighted by Crippen LogP contribution is 2.27. The van der Waals surface area contributed by atoms with Crippen LogP contribution in [0.15, 0.2) is 121 Å². The molecule has 43 heavy (non-hydrogen) atoms. The molecule has 7 nitrogen and oxygen atoms in total. The van der Waals surface area contributed by atoms with Crippen LogP contribution >= 0.6 is 11.6 Å². The zero-order chi connectivity index (χ0) is 29.8. The van der Waals surface area contributed by atoms with Crippen LogP contribution < -0.4 is 19.7 Å².